The van der Waals surface area contributed by atoms with Gasteiger partial charge in [0.1, 0.15) is 0 Å². The molecule has 1 heterocycles. The number of nitrogens with one attached hydrogen (secondary N) is 1. The van der Waals surface area contributed by atoms with Crippen LogP contribution in [0.3, 0.4) is 0 Å². The van der Waals surface area contributed by atoms with Crippen molar-refractivity contribution >= 4 is 41.0 Å². The summed E-state index contributed by atoms with van der Waals surface area (Å²) in [5.41, 5.74) is 6.25. The molecule has 1 fully saturated rings. The van der Waals surface area contributed by atoms with Gasteiger partial charge in [-0.05, 0) is 61.2 Å². The Hall–Kier alpha value is -2.04. The van der Waals surface area contributed by atoms with Crippen molar-refractivity contribution < 1.29 is 4.79 Å². The van der Waals surface area contributed by atoms with E-state index >= 15 is 0 Å². The molecule has 6 heteroatoms. The molecule has 0 atom stereocenters. The maximum Gasteiger partial charge on any atom is 0.271 e. The maximum absolute atomic E-state index is 12.1. The van der Waals surface area contributed by atoms with Crippen molar-refractivity contribution in [2.24, 2.45) is 5.10 Å². The summed E-state index contributed by atoms with van der Waals surface area (Å²) in [6, 6.07) is 11.0. The van der Waals surface area contributed by atoms with Gasteiger partial charge in [0.15, 0.2) is 0 Å². The molecule has 2 aromatic rings. The van der Waals surface area contributed by atoms with E-state index in [2.05, 4.69) is 27.6 Å². The van der Waals surface area contributed by atoms with Gasteiger partial charge in [0.2, 0.25) is 0 Å². The van der Waals surface area contributed by atoms with Crippen LogP contribution in [0.4, 0.5) is 5.69 Å². The van der Waals surface area contributed by atoms with Crippen LogP contribution in [0.1, 0.15) is 34.3 Å². The smallest absolute Gasteiger partial charge is 0.271 e. The van der Waals surface area contributed by atoms with Crippen molar-refractivity contribution in [3.05, 3.63) is 63.1 Å². The molecule has 0 radical (unpaired) electrons. The summed E-state index contributed by atoms with van der Waals surface area (Å²) in [6.07, 6.45) is 4.16. The average Bonchev–Trinajstić information content (AvgIpc) is 3.13. The lowest BCUT2D eigenvalue weighted by atomic mass is 10.1. The normalized spacial score (nSPS) is 14.3. The van der Waals surface area contributed by atoms with E-state index in [0.717, 1.165) is 24.2 Å². The minimum absolute atomic E-state index is 0.332. The molecule has 2 aromatic carbocycles. The first-order chi connectivity index (χ1) is 12.0. The van der Waals surface area contributed by atoms with Crippen LogP contribution in [0.5, 0.6) is 0 Å². The Bertz CT molecular complexity index is 814. The minimum Gasteiger partial charge on any atom is -0.372 e. The molecule has 1 aliphatic heterocycles. The van der Waals surface area contributed by atoms with Crippen molar-refractivity contribution in [3.63, 3.8) is 0 Å². The number of halogens is 2. The average molecular weight is 376 g/mol. The number of carbonyl (C=O) groups is 1. The predicted octanol–water partition coefficient (Wildman–Crippen LogP) is 4.67. The summed E-state index contributed by atoms with van der Waals surface area (Å²) in [4.78, 5) is 14.5. The Morgan fingerprint density at radius 3 is 2.56 bits per heavy atom. The lowest BCUT2D eigenvalue weighted by Crippen LogP contribution is -2.18. The SMILES string of the molecule is Cc1cc(N2CCCC2)ccc1/C=N\NC(=O)c1ccc(Cl)c(Cl)c1. The fraction of sp³-hybridized carbons (Fsp3) is 0.263. The number of hydrogen-bond donors (Lipinski definition) is 1. The van der Waals surface area contributed by atoms with Crippen LogP contribution in [0.25, 0.3) is 0 Å². The maximum atomic E-state index is 12.1. The second kappa shape index (κ2) is 7.89. The molecule has 130 valence electrons. The van der Waals surface area contributed by atoms with Gasteiger partial charge < -0.3 is 4.90 Å². The van der Waals surface area contributed by atoms with E-state index in [1.165, 1.54) is 24.6 Å². The number of nitrogens with zero attached hydrogens (tertiary/aromatic N) is 2. The van der Waals surface area contributed by atoms with Gasteiger partial charge in [-0.2, -0.15) is 5.10 Å². The Morgan fingerprint density at radius 1 is 1.12 bits per heavy atom. The highest BCUT2D eigenvalue weighted by atomic mass is 35.5. The fourth-order valence-corrected chi connectivity index (χ4v) is 3.14. The minimum atomic E-state index is -0.332. The molecule has 0 spiro atoms. The first-order valence-corrected chi connectivity index (χ1v) is 8.94. The van der Waals surface area contributed by atoms with E-state index in [-0.39, 0.29) is 5.91 Å². The molecule has 25 heavy (non-hydrogen) atoms. The van der Waals surface area contributed by atoms with Crippen molar-refractivity contribution in [1.29, 1.82) is 0 Å². The van der Waals surface area contributed by atoms with Crippen LogP contribution >= 0.6 is 23.2 Å². The van der Waals surface area contributed by atoms with Crippen LogP contribution < -0.4 is 10.3 Å². The summed E-state index contributed by atoms with van der Waals surface area (Å²) in [5, 5.41) is 4.80. The zero-order valence-electron chi connectivity index (χ0n) is 13.9. The van der Waals surface area contributed by atoms with Crippen molar-refractivity contribution in [3.8, 4) is 0 Å². The Morgan fingerprint density at radius 2 is 1.88 bits per heavy atom. The topological polar surface area (TPSA) is 44.7 Å². The molecule has 4 nitrogen and oxygen atoms in total. The van der Waals surface area contributed by atoms with Crippen LogP contribution in [-0.2, 0) is 0 Å². The molecule has 0 aliphatic carbocycles. The Kier molecular flexibility index (Phi) is 5.61. The number of amides is 1. The summed E-state index contributed by atoms with van der Waals surface area (Å²) < 4.78 is 0. The number of rotatable bonds is 4. The van der Waals surface area contributed by atoms with E-state index in [0.29, 0.717) is 15.6 Å². The molecule has 0 bridgehead atoms. The highest BCUT2D eigenvalue weighted by Crippen LogP contribution is 2.23. The quantitative estimate of drug-likeness (QED) is 0.623. The van der Waals surface area contributed by atoms with Gasteiger partial charge in [0, 0.05) is 24.3 Å². The van der Waals surface area contributed by atoms with E-state index in [1.54, 1.807) is 18.3 Å². The van der Waals surface area contributed by atoms with Crippen molar-refractivity contribution in [2.75, 3.05) is 18.0 Å². The van der Waals surface area contributed by atoms with Gasteiger partial charge in [0.25, 0.3) is 5.91 Å². The molecular weight excluding hydrogens is 357 g/mol. The van der Waals surface area contributed by atoms with Gasteiger partial charge in [-0.15, -0.1) is 0 Å². The van der Waals surface area contributed by atoms with Crippen molar-refractivity contribution in [1.82, 2.24) is 5.43 Å². The largest absolute Gasteiger partial charge is 0.372 e. The number of carbonyl (C=O) groups excluding carboxylic acids is 1. The third-order valence-corrected chi connectivity index (χ3v) is 5.02. The molecular formula is C19H19Cl2N3O. The molecule has 3 rings (SSSR count). The second-order valence-corrected chi connectivity index (χ2v) is 6.88. The van der Waals surface area contributed by atoms with E-state index in [9.17, 15) is 4.79 Å². The van der Waals surface area contributed by atoms with Gasteiger partial charge in [0.05, 0.1) is 16.3 Å². The summed E-state index contributed by atoms with van der Waals surface area (Å²) in [6.45, 7) is 4.28. The van der Waals surface area contributed by atoms with Crippen LogP contribution in [0.15, 0.2) is 41.5 Å². The van der Waals surface area contributed by atoms with Crippen LogP contribution in [0, 0.1) is 6.92 Å². The molecule has 1 N–H and O–H groups in total. The molecule has 1 aliphatic rings. The number of hydrazone groups is 1. The number of aryl methyl sites for hydroxylation is 1. The van der Waals surface area contributed by atoms with E-state index in [4.69, 9.17) is 23.2 Å². The zero-order valence-corrected chi connectivity index (χ0v) is 15.4. The number of hydrogen-bond acceptors (Lipinski definition) is 3. The van der Waals surface area contributed by atoms with Gasteiger partial charge in [-0.25, -0.2) is 5.43 Å². The molecule has 1 amide bonds. The Labute approximate surface area is 157 Å². The third kappa shape index (κ3) is 4.33. The second-order valence-electron chi connectivity index (χ2n) is 6.06. The highest BCUT2D eigenvalue weighted by molar-refractivity contribution is 6.42. The third-order valence-electron chi connectivity index (χ3n) is 4.28. The van der Waals surface area contributed by atoms with E-state index in [1.807, 2.05) is 13.0 Å². The summed E-state index contributed by atoms with van der Waals surface area (Å²) in [7, 11) is 0. The lowest BCUT2D eigenvalue weighted by Gasteiger charge is -2.18. The Balaban J connectivity index is 1.65. The van der Waals surface area contributed by atoms with Crippen molar-refractivity contribution in [2.45, 2.75) is 19.8 Å². The first-order valence-electron chi connectivity index (χ1n) is 8.18. The van der Waals surface area contributed by atoms with Gasteiger partial charge >= 0.3 is 0 Å². The van der Waals surface area contributed by atoms with Crippen LogP contribution in [0.2, 0.25) is 10.0 Å². The van der Waals surface area contributed by atoms with E-state index < -0.39 is 0 Å². The predicted molar refractivity (Wildman–Crippen MR) is 104 cm³/mol. The van der Waals surface area contributed by atoms with Gasteiger partial charge in [-0.3, -0.25) is 4.79 Å². The highest BCUT2D eigenvalue weighted by Gasteiger charge is 2.12. The number of anilines is 1. The standard InChI is InChI=1S/C19H19Cl2N3O/c1-13-10-16(24-8-2-3-9-24)6-4-15(13)12-22-23-19(25)14-5-7-17(20)18(21)11-14/h4-7,10-12H,2-3,8-9H2,1H3,(H,23,25)/b22-12-. The molecule has 1 saturated heterocycles. The lowest BCUT2D eigenvalue weighted by molar-refractivity contribution is 0.0955. The number of benzene rings is 2. The first kappa shape index (κ1) is 17.8. The fourth-order valence-electron chi connectivity index (χ4n) is 2.84. The monoisotopic (exact) mass is 375 g/mol. The summed E-state index contributed by atoms with van der Waals surface area (Å²) in [5.74, 6) is -0.332. The molecule has 0 unspecified atom stereocenters. The van der Waals surface area contributed by atoms with Gasteiger partial charge in [-0.1, -0.05) is 29.3 Å². The summed E-state index contributed by atoms with van der Waals surface area (Å²) >= 11 is 11.8. The van der Waals surface area contributed by atoms with Crippen LogP contribution in [-0.4, -0.2) is 25.2 Å². The molecule has 0 aromatic heterocycles. The molecule has 0 saturated carbocycles. The zero-order chi connectivity index (χ0) is 17.8.